The van der Waals surface area contributed by atoms with E-state index in [1.54, 1.807) is 0 Å². The van der Waals surface area contributed by atoms with Gasteiger partial charge in [-0.3, -0.25) is 0 Å². The summed E-state index contributed by atoms with van der Waals surface area (Å²) in [7, 11) is -1.19. The SMILES string of the molecule is COc1cc(F)c(S(=O)(=O)NCC[C@H]2CCNC2)cc1OC. The van der Waals surface area contributed by atoms with Gasteiger partial charge < -0.3 is 14.8 Å². The minimum atomic E-state index is -3.92. The van der Waals surface area contributed by atoms with Gasteiger partial charge in [0, 0.05) is 18.7 Å². The van der Waals surface area contributed by atoms with Gasteiger partial charge in [-0.1, -0.05) is 0 Å². The number of hydrogen-bond donors (Lipinski definition) is 2. The Balaban J connectivity index is 2.10. The van der Waals surface area contributed by atoms with Crippen molar-refractivity contribution < 1.29 is 22.3 Å². The molecular formula is C14H21FN2O4S. The first-order chi connectivity index (χ1) is 10.5. The number of sulfonamides is 1. The Morgan fingerprint density at radius 3 is 2.59 bits per heavy atom. The Morgan fingerprint density at radius 1 is 1.32 bits per heavy atom. The van der Waals surface area contributed by atoms with E-state index in [1.165, 1.54) is 14.2 Å². The van der Waals surface area contributed by atoms with Crippen LogP contribution in [0.3, 0.4) is 0 Å². The lowest BCUT2D eigenvalue weighted by Gasteiger charge is -2.13. The van der Waals surface area contributed by atoms with Crippen molar-refractivity contribution in [3.63, 3.8) is 0 Å². The number of hydrogen-bond acceptors (Lipinski definition) is 5. The Kier molecular flexibility index (Phi) is 5.60. The molecule has 1 aromatic rings. The van der Waals surface area contributed by atoms with Crippen LogP contribution in [0.2, 0.25) is 0 Å². The van der Waals surface area contributed by atoms with Gasteiger partial charge >= 0.3 is 0 Å². The van der Waals surface area contributed by atoms with E-state index in [1.807, 2.05) is 0 Å². The van der Waals surface area contributed by atoms with Gasteiger partial charge in [-0.15, -0.1) is 0 Å². The second-order valence-electron chi connectivity index (χ2n) is 5.18. The molecule has 0 aromatic heterocycles. The van der Waals surface area contributed by atoms with Crippen molar-refractivity contribution in [2.24, 2.45) is 5.92 Å². The Bertz CT molecular complexity index is 616. The van der Waals surface area contributed by atoms with Crippen molar-refractivity contribution in [1.82, 2.24) is 10.0 Å². The molecule has 0 spiro atoms. The predicted octanol–water partition coefficient (Wildman–Crippen LogP) is 1.12. The quantitative estimate of drug-likeness (QED) is 0.782. The Morgan fingerprint density at radius 2 is 2.00 bits per heavy atom. The van der Waals surface area contributed by atoms with Gasteiger partial charge in [0.25, 0.3) is 0 Å². The van der Waals surface area contributed by atoms with E-state index in [9.17, 15) is 12.8 Å². The molecule has 1 heterocycles. The van der Waals surface area contributed by atoms with Crippen molar-refractivity contribution in [2.75, 3.05) is 33.9 Å². The van der Waals surface area contributed by atoms with Crippen LogP contribution < -0.4 is 19.5 Å². The Labute approximate surface area is 130 Å². The lowest BCUT2D eigenvalue weighted by molar-refractivity contribution is 0.350. The summed E-state index contributed by atoms with van der Waals surface area (Å²) in [5.41, 5.74) is 0. The molecule has 0 saturated carbocycles. The fourth-order valence-corrected chi connectivity index (χ4v) is 3.60. The van der Waals surface area contributed by atoms with Crippen LogP contribution in [0.5, 0.6) is 11.5 Å². The zero-order chi connectivity index (χ0) is 16.2. The van der Waals surface area contributed by atoms with Crippen molar-refractivity contribution in [1.29, 1.82) is 0 Å². The van der Waals surface area contributed by atoms with E-state index in [4.69, 9.17) is 9.47 Å². The molecule has 1 aliphatic rings. The minimum Gasteiger partial charge on any atom is -0.493 e. The molecule has 1 aromatic carbocycles. The molecule has 2 rings (SSSR count). The number of methoxy groups -OCH3 is 2. The van der Waals surface area contributed by atoms with Crippen molar-refractivity contribution in [3.8, 4) is 11.5 Å². The molecule has 0 aliphatic carbocycles. The molecule has 0 radical (unpaired) electrons. The zero-order valence-corrected chi connectivity index (χ0v) is 13.5. The Hall–Kier alpha value is -1.38. The van der Waals surface area contributed by atoms with E-state index < -0.39 is 20.7 Å². The van der Waals surface area contributed by atoms with Crippen molar-refractivity contribution in [3.05, 3.63) is 17.9 Å². The molecule has 1 fully saturated rings. The van der Waals surface area contributed by atoms with Crippen LogP contribution in [0.25, 0.3) is 0 Å². The van der Waals surface area contributed by atoms with E-state index in [-0.39, 0.29) is 18.0 Å². The summed E-state index contributed by atoms with van der Waals surface area (Å²) in [4.78, 5) is -0.435. The fraction of sp³-hybridized carbons (Fsp3) is 0.571. The highest BCUT2D eigenvalue weighted by Gasteiger charge is 2.23. The summed E-state index contributed by atoms with van der Waals surface area (Å²) in [6.45, 7) is 2.14. The summed E-state index contributed by atoms with van der Waals surface area (Å²) in [6, 6.07) is 2.14. The van der Waals surface area contributed by atoms with Gasteiger partial charge in [-0.2, -0.15) is 0 Å². The molecule has 1 atom stereocenters. The van der Waals surface area contributed by atoms with Crippen LogP contribution in [0.1, 0.15) is 12.8 Å². The van der Waals surface area contributed by atoms with Gasteiger partial charge in [0.05, 0.1) is 14.2 Å². The third-order valence-corrected chi connectivity index (χ3v) is 5.21. The molecule has 0 bridgehead atoms. The lowest BCUT2D eigenvalue weighted by Crippen LogP contribution is -2.27. The standard InChI is InChI=1S/C14H21FN2O4S/c1-20-12-7-11(15)14(8-13(12)21-2)22(18,19)17-6-4-10-3-5-16-9-10/h7-8,10,16-17H,3-6,9H2,1-2H3/t10-/m1/s1. The maximum atomic E-state index is 14.0. The predicted molar refractivity (Wildman–Crippen MR) is 80.3 cm³/mol. The summed E-state index contributed by atoms with van der Waals surface area (Å²) < 4.78 is 50.9. The van der Waals surface area contributed by atoms with Gasteiger partial charge in [0.1, 0.15) is 10.7 Å². The van der Waals surface area contributed by atoms with Gasteiger partial charge in [-0.25, -0.2) is 17.5 Å². The highest BCUT2D eigenvalue weighted by Crippen LogP contribution is 2.31. The molecule has 0 amide bonds. The molecule has 0 unspecified atom stereocenters. The first-order valence-electron chi connectivity index (χ1n) is 7.10. The number of nitrogens with one attached hydrogen (secondary N) is 2. The number of halogens is 1. The van der Waals surface area contributed by atoms with Crippen LogP contribution in [-0.2, 0) is 10.0 Å². The average molecular weight is 332 g/mol. The summed E-state index contributed by atoms with van der Waals surface area (Å²) in [5, 5.41) is 3.22. The molecule has 2 N–H and O–H groups in total. The fourth-order valence-electron chi connectivity index (χ4n) is 2.48. The largest absolute Gasteiger partial charge is 0.493 e. The van der Waals surface area contributed by atoms with E-state index in [0.29, 0.717) is 5.92 Å². The van der Waals surface area contributed by atoms with Gasteiger partial charge in [0.2, 0.25) is 10.0 Å². The first-order valence-corrected chi connectivity index (χ1v) is 8.58. The highest BCUT2D eigenvalue weighted by atomic mass is 32.2. The zero-order valence-electron chi connectivity index (χ0n) is 12.7. The van der Waals surface area contributed by atoms with E-state index >= 15 is 0 Å². The topological polar surface area (TPSA) is 76.7 Å². The molecule has 8 heteroatoms. The van der Waals surface area contributed by atoms with Crippen molar-refractivity contribution in [2.45, 2.75) is 17.7 Å². The molecule has 1 aliphatic heterocycles. The number of benzene rings is 1. The second kappa shape index (κ2) is 7.26. The van der Waals surface area contributed by atoms with E-state index in [2.05, 4.69) is 10.0 Å². The number of rotatable bonds is 7. The van der Waals surface area contributed by atoms with Gasteiger partial charge in [-0.05, 0) is 31.8 Å². The second-order valence-corrected chi connectivity index (χ2v) is 6.92. The molecule has 22 heavy (non-hydrogen) atoms. The van der Waals surface area contributed by atoms with Crippen LogP contribution in [0.4, 0.5) is 4.39 Å². The lowest BCUT2D eigenvalue weighted by atomic mass is 10.1. The third kappa shape index (κ3) is 3.88. The van der Waals surface area contributed by atoms with Crippen LogP contribution in [0.15, 0.2) is 17.0 Å². The first kappa shape index (κ1) is 17.0. The van der Waals surface area contributed by atoms with Crippen LogP contribution in [-0.4, -0.2) is 42.3 Å². The monoisotopic (exact) mass is 332 g/mol. The average Bonchev–Trinajstić information content (AvgIpc) is 2.99. The summed E-state index contributed by atoms with van der Waals surface area (Å²) in [5.74, 6) is -0.0918. The molecule has 6 nitrogen and oxygen atoms in total. The van der Waals surface area contributed by atoms with Crippen LogP contribution >= 0.6 is 0 Å². The summed E-state index contributed by atoms with van der Waals surface area (Å²) in [6.07, 6.45) is 1.76. The molecule has 124 valence electrons. The van der Waals surface area contributed by atoms with Crippen LogP contribution in [0, 0.1) is 11.7 Å². The maximum absolute atomic E-state index is 14.0. The smallest absolute Gasteiger partial charge is 0.243 e. The normalized spacial score (nSPS) is 18.4. The third-order valence-electron chi connectivity index (χ3n) is 3.73. The molecular weight excluding hydrogens is 311 g/mol. The molecule has 1 saturated heterocycles. The van der Waals surface area contributed by atoms with E-state index in [0.717, 1.165) is 38.1 Å². The summed E-state index contributed by atoms with van der Waals surface area (Å²) >= 11 is 0. The highest BCUT2D eigenvalue weighted by molar-refractivity contribution is 7.89. The van der Waals surface area contributed by atoms with Crippen molar-refractivity contribution >= 4 is 10.0 Å². The maximum Gasteiger partial charge on any atom is 0.243 e. The number of ether oxygens (including phenoxy) is 2. The minimum absolute atomic E-state index is 0.149. The van der Waals surface area contributed by atoms with Gasteiger partial charge in [0.15, 0.2) is 11.5 Å².